The molecule has 0 aromatic carbocycles. The van der Waals surface area contributed by atoms with Gasteiger partial charge in [-0.25, -0.2) is 0 Å². The number of rotatable bonds is 4. The molecule has 12 heavy (non-hydrogen) atoms. The largest absolute Gasteiger partial charge is 0.207 e. The zero-order valence-corrected chi connectivity index (χ0v) is 8.56. The van der Waals surface area contributed by atoms with E-state index in [4.69, 9.17) is 5.26 Å². The lowest BCUT2D eigenvalue weighted by Crippen LogP contribution is -1.97. The van der Waals surface area contributed by atoms with Crippen LogP contribution in [0.25, 0.3) is 0 Å². The average molecular weight is 200 g/mol. The minimum absolute atomic E-state index is 0.472. The molecule has 0 bridgehead atoms. The second-order valence-corrected chi connectivity index (χ2v) is 5.00. The second-order valence-electron chi connectivity index (χ2n) is 1.99. The predicted octanol–water partition coefficient (Wildman–Crippen LogP) is 2.13. The number of thiol groups is 2. The lowest BCUT2D eigenvalue weighted by atomic mass is 10.8. The molecule has 0 aliphatic rings. The first-order chi connectivity index (χ1) is 5.76. The normalized spacial score (nSPS) is 11.7. The van der Waals surface area contributed by atoms with Gasteiger partial charge in [-0.15, -0.1) is 25.8 Å². The van der Waals surface area contributed by atoms with E-state index in [1.165, 1.54) is 0 Å². The van der Waals surface area contributed by atoms with Crippen LogP contribution in [-0.2, 0) is 0 Å². The highest BCUT2D eigenvalue weighted by Crippen LogP contribution is 2.29. The minimum atomic E-state index is -0.472. The van der Waals surface area contributed by atoms with Crippen LogP contribution in [0.4, 0.5) is 0 Å². The molecule has 0 unspecified atom stereocenters. The Bertz CT molecular complexity index is 218. The fourth-order valence-corrected chi connectivity index (χ4v) is 2.48. The Morgan fingerprint density at radius 2 is 2.00 bits per heavy atom. The van der Waals surface area contributed by atoms with Gasteiger partial charge in [-0.05, 0) is 11.5 Å². The maximum absolute atomic E-state index is 8.29. The molecule has 0 fully saturated rings. The van der Waals surface area contributed by atoms with Crippen LogP contribution >= 0.6 is 23.5 Å². The van der Waals surface area contributed by atoms with E-state index in [0.29, 0.717) is 4.38 Å². The zero-order chi connectivity index (χ0) is 9.40. The van der Waals surface area contributed by atoms with Crippen LogP contribution in [0, 0.1) is 11.5 Å². The Kier molecular flexibility index (Phi) is 6.63. The molecule has 0 N–H and O–H groups in total. The summed E-state index contributed by atoms with van der Waals surface area (Å²) in [5.74, 6) is 1.68. The molecule has 0 heterocycles. The number of nitrogens with zero attached hydrogens (tertiary/aromatic N) is 2. The Balaban J connectivity index is 4.28. The molecule has 4 heteroatoms. The van der Waals surface area contributed by atoms with Crippen LogP contribution in [-0.4, -0.2) is 15.9 Å². The van der Waals surface area contributed by atoms with Gasteiger partial charge in [-0.3, -0.25) is 0 Å². The third kappa shape index (κ3) is 4.27. The first-order valence-corrected chi connectivity index (χ1v) is 5.54. The van der Waals surface area contributed by atoms with Gasteiger partial charge in [0.1, 0.15) is 4.38 Å². The van der Waals surface area contributed by atoms with Gasteiger partial charge in [-0.2, -0.15) is 21.1 Å². The molecule has 0 saturated carbocycles. The summed E-state index contributed by atoms with van der Waals surface area (Å²) in [4.78, 5) is 3.58. The summed E-state index contributed by atoms with van der Waals surface area (Å²) in [5.41, 5.74) is 0. The first-order valence-electron chi connectivity index (χ1n) is 3.38. The molecule has 66 valence electrons. The molecule has 0 aliphatic carbocycles. The van der Waals surface area contributed by atoms with Gasteiger partial charge < -0.3 is 0 Å². The fraction of sp³-hybridized carbons (Fsp3) is 0.250. The number of hydrogen-bond acceptors (Lipinski definition) is 2. The summed E-state index contributed by atoms with van der Waals surface area (Å²) < 4.78 is 0.618. The van der Waals surface area contributed by atoms with Gasteiger partial charge in [0.05, 0.1) is 0 Å². The highest BCUT2D eigenvalue weighted by atomic mass is 32.2. The molecule has 0 spiro atoms. The number of aliphatic imine (C=N–C) groups is 1. The zero-order valence-electron chi connectivity index (χ0n) is 6.77. The quantitative estimate of drug-likeness (QED) is 0.235. The molecule has 0 atom stereocenters. The van der Waals surface area contributed by atoms with Crippen molar-refractivity contribution < 1.29 is 0 Å². The fourth-order valence-electron chi connectivity index (χ4n) is 0.665. The molecular weight excluding hydrogens is 188 g/mol. The monoisotopic (exact) mass is 200 g/mol. The highest BCUT2D eigenvalue weighted by molar-refractivity contribution is 8.43. The van der Waals surface area contributed by atoms with E-state index in [1.807, 2.05) is 12.2 Å². The predicted molar refractivity (Wildman–Crippen MR) is 61.1 cm³/mol. The molecule has 0 rings (SSSR count). The van der Waals surface area contributed by atoms with E-state index in [2.05, 4.69) is 30.8 Å². The smallest absolute Gasteiger partial charge is 0.196 e. The van der Waals surface area contributed by atoms with Crippen LogP contribution in [0.1, 0.15) is 0 Å². The van der Waals surface area contributed by atoms with Crippen LogP contribution < -0.4 is 0 Å². The van der Waals surface area contributed by atoms with Crippen molar-refractivity contribution in [2.45, 2.75) is 0 Å². The molecule has 0 saturated heterocycles. The van der Waals surface area contributed by atoms with Crippen molar-refractivity contribution in [3.8, 4) is 6.19 Å². The lowest BCUT2D eigenvalue weighted by molar-refractivity contribution is 1.45. The third-order valence-corrected chi connectivity index (χ3v) is 4.14. The van der Waals surface area contributed by atoms with E-state index < -0.39 is 10.9 Å². The van der Waals surface area contributed by atoms with Crippen LogP contribution in [0.3, 0.4) is 0 Å². The summed E-state index contributed by atoms with van der Waals surface area (Å²) in [6, 6.07) is 0. The van der Waals surface area contributed by atoms with E-state index in [-0.39, 0.29) is 0 Å². The van der Waals surface area contributed by atoms with Crippen molar-refractivity contribution in [1.29, 1.82) is 5.26 Å². The maximum atomic E-state index is 8.29. The van der Waals surface area contributed by atoms with Gasteiger partial charge in [0, 0.05) is 0 Å². The summed E-state index contributed by atoms with van der Waals surface area (Å²) in [7, 11) is -0.472. The SMILES string of the molecule is C=CC[SH](CC=C)C(S)=NC#N. The van der Waals surface area contributed by atoms with E-state index in [1.54, 1.807) is 6.19 Å². The summed E-state index contributed by atoms with van der Waals surface area (Å²) >= 11 is 4.13. The van der Waals surface area contributed by atoms with Crippen molar-refractivity contribution in [2.75, 3.05) is 11.5 Å². The molecule has 0 radical (unpaired) electrons. The third-order valence-electron chi connectivity index (χ3n) is 1.13. The molecule has 0 aromatic rings. The van der Waals surface area contributed by atoms with Gasteiger partial charge in [-0.1, -0.05) is 12.2 Å². The van der Waals surface area contributed by atoms with E-state index in [0.717, 1.165) is 11.5 Å². The van der Waals surface area contributed by atoms with Crippen molar-refractivity contribution in [1.82, 2.24) is 0 Å². The Morgan fingerprint density at radius 3 is 2.33 bits per heavy atom. The van der Waals surface area contributed by atoms with Crippen molar-refractivity contribution >= 4 is 27.9 Å². The minimum Gasteiger partial charge on any atom is -0.196 e. The van der Waals surface area contributed by atoms with Gasteiger partial charge in [0.15, 0.2) is 0 Å². The Labute approximate surface area is 81.4 Å². The average Bonchev–Trinajstić information content (AvgIpc) is 2.04. The second kappa shape index (κ2) is 7.01. The summed E-state index contributed by atoms with van der Waals surface area (Å²) in [6.07, 6.45) is 5.36. The lowest BCUT2D eigenvalue weighted by Gasteiger charge is -2.14. The van der Waals surface area contributed by atoms with Crippen LogP contribution in [0.15, 0.2) is 30.3 Å². The standard InChI is InChI=1S/C8H12N2S2/c1-3-5-12(6-4-2)8(11)10-7-9/h3-4,12H,1-2,5-6H2,(H,10,11). The van der Waals surface area contributed by atoms with Crippen molar-refractivity contribution in [2.24, 2.45) is 4.99 Å². The van der Waals surface area contributed by atoms with E-state index >= 15 is 0 Å². The molecule has 2 nitrogen and oxygen atoms in total. The Hall–Kier alpha value is -0.660. The molecule has 0 amide bonds. The molecule has 0 aromatic heterocycles. The summed E-state index contributed by atoms with van der Waals surface area (Å²) in [6.45, 7) is 7.27. The summed E-state index contributed by atoms with van der Waals surface area (Å²) in [5, 5.41) is 8.29. The van der Waals surface area contributed by atoms with Gasteiger partial charge in [0.25, 0.3) is 0 Å². The van der Waals surface area contributed by atoms with Gasteiger partial charge in [0.2, 0.25) is 6.19 Å². The van der Waals surface area contributed by atoms with Gasteiger partial charge >= 0.3 is 0 Å². The van der Waals surface area contributed by atoms with Crippen LogP contribution in [0.5, 0.6) is 0 Å². The van der Waals surface area contributed by atoms with Crippen molar-refractivity contribution in [3.63, 3.8) is 0 Å². The topological polar surface area (TPSA) is 36.1 Å². The number of hydrogen-bond donors (Lipinski definition) is 2. The molecule has 0 aliphatic heterocycles. The van der Waals surface area contributed by atoms with E-state index in [9.17, 15) is 0 Å². The first kappa shape index (κ1) is 11.3. The Morgan fingerprint density at radius 1 is 1.50 bits per heavy atom. The van der Waals surface area contributed by atoms with Crippen molar-refractivity contribution in [3.05, 3.63) is 25.3 Å². The number of nitriles is 1. The molecular formula is C8H12N2S2. The maximum Gasteiger partial charge on any atom is 0.207 e. The van der Waals surface area contributed by atoms with Crippen LogP contribution in [0.2, 0.25) is 0 Å². The highest BCUT2D eigenvalue weighted by Gasteiger charge is 2.03.